The Labute approximate surface area is 175 Å². The van der Waals surface area contributed by atoms with Gasteiger partial charge in [0.1, 0.15) is 5.75 Å². The summed E-state index contributed by atoms with van der Waals surface area (Å²) < 4.78 is 38.3. The molecular formula is C21H20ClNO5S. The van der Waals surface area contributed by atoms with Crippen molar-refractivity contribution < 1.29 is 22.7 Å². The fourth-order valence-electron chi connectivity index (χ4n) is 2.82. The third-order valence-corrected chi connectivity index (χ3v) is 5.93. The maximum absolute atomic E-state index is 12.8. The first kappa shape index (κ1) is 21.0. The molecule has 0 atom stereocenters. The van der Waals surface area contributed by atoms with Gasteiger partial charge in [-0.15, -0.1) is 0 Å². The van der Waals surface area contributed by atoms with Crippen LogP contribution in [0.4, 0.5) is 5.69 Å². The number of rotatable bonds is 6. The van der Waals surface area contributed by atoms with Crippen LogP contribution in [0.25, 0.3) is 0 Å². The third kappa shape index (κ3) is 5.43. The van der Waals surface area contributed by atoms with Crippen LogP contribution < -0.4 is 9.46 Å². The molecule has 0 spiro atoms. The van der Waals surface area contributed by atoms with Crippen LogP contribution in [0.5, 0.6) is 5.75 Å². The highest BCUT2D eigenvalue weighted by atomic mass is 35.5. The molecule has 0 bridgehead atoms. The molecule has 0 unspecified atom stereocenters. The molecule has 152 valence electrons. The van der Waals surface area contributed by atoms with Gasteiger partial charge in [0, 0.05) is 24.3 Å². The van der Waals surface area contributed by atoms with Crippen LogP contribution in [-0.4, -0.2) is 28.1 Å². The summed E-state index contributed by atoms with van der Waals surface area (Å²) in [5.41, 5.74) is 1.67. The van der Waals surface area contributed by atoms with E-state index in [-0.39, 0.29) is 17.3 Å². The van der Waals surface area contributed by atoms with Crippen LogP contribution in [0, 0.1) is 11.8 Å². The predicted octanol–water partition coefficient (Wildman–Crippen LogP) is 3.77. The van der Waals surface area contributed by atoms with Crippen molar-refractivity contribution in [1.82, 2.24) is 0 Å². The zero-order chi connectivity index (χ0) is 20.9. The van der Waals surface area contributed by atoms with Crippen molar-refractivity contribution in [3.8, 4) is 17.6 Å². The number of sulfonamides is 1. The van der Waals surface area contributed by atoms with Gasteiger partial charge in [-0.2, -0.15) is 0 Å². The Morgan fingerprint density at radius 2 is 2.10 bits per heavy atom. The topological polar surface area (TPSA) is 81.7 Å². The van der Waals surface area contributed by atoms with Crippen LogP contribution in [-0.2, 0) is 26.0 Å². The molecule has 0 aliphatic carbocycles. The first-order valence-electron chi connectivity index (χ1n) is 9.03. The number of methoxy groups -OCH3 is 1. The fraction of sp³-hybridized carbons (Fsp3) is 0.286. The van der Waals surface area contributed by atoms with Crippen molar-refractivity contribution in [2.24, 2.45) is 0 Å². The number of anilines is 1. The highest BCUT2D eigenvalue weighted by Gasteiger charge is 2.20. The van der Waals surface area contributed by atoms with Crippen LogP contribution >= 0.6 is 11.6 Å². The Balaban J connectivity index is 1.78. The first-order chi connectivity index (χ1) is 13.9. The second kappa shape index (κ2) is 9.21. The van der Waals surface area contributed by atoms with Gasteiger partial charge in [0.05, 0.1) is 29.9 Å². The molecule has 0 fully saturated rings. The van der Waals surface area contributed by atoms with Gasteiger partial charge in [-0.25, -0.2) is 8.42 Å². The van der Waals surface area contributed by atoms with E-state index in [1.165, 1.54) is 13.2 Å². The Morgan fingerprint density at radius 1 is 1.28 bits per heavy atom. The zero-order valence-electron chi connectivity index (χ0n) is 15.8. The lowest BCUT2D eigenvalue weighted by atomic mass is 10.1. The van der Waals surface area contributed by atoms with Gasteiger partial charge in [-0.05, 0) is 48.4 Å². The molecule has 0 amide bonds. The summed E-state index contributed by atoms with van der Waals surface area (Å²) in [4.78, 5) is 11.3. The maximum atomic E-state index is 12.8. The smallest absolute Gasteiger partial charge is 0.305 e. The van der Waals surface area contributed by atoms with Crippen molar-refractivity contribution in [3.05, 3.63) is 52.5 Å². The normalized spacial score (nSPS) is 12.3. The van der Waals surface area contributed by atoms with E-state index in [2.05, 4.69) is 21.3 Å². The quantitative estimate of drug-likeness (QED) is 0.426. The zero-order valence-corrected chi connectivity index (χ0v) is 17.4. The molecule has 29 heavy (non-hydrogen) atoms. The monoisotopic (exact) mass is 433 g/mol. The number of hydrogen-bond donors (Lipinski definition) is 1. The summed E-state index contributed by atoms with van der Waals surface area (Å²) in [6.45, 7) is 0.555. The van der Waals surface area contributed by atoms with Crippen molar-refractivity contribution in [2.45, 2.75) is 30.6 Å². The summed E-state index contributed by atoms with van der Waals surface area (Å²) in [7, 11) is -2.46. The number of carbonyl (C=O) groups excluding carboxylic acids is 1. The lowest BCUT2D eigenvalue weighted by Gasteiger charge is -2.11. The minimum Gasteiger partial charge on any atom is -0.493 e. The molecule has 1 aliphatic rings. The van der Waals surface area contributed by atoms with Crippen LogP contribution in [0.3, 0.4) is 0 Å². The molecule has 6 nitrogen and oxygen atoms in total. The molecule has 1 heterocycles. The van der Waals surface area contributed by atoms with E-state index in [1.807, 2.05) is 0 Å². The SMILES string of the molecule is COC(=O)CCCC#Cc1cc(Cl)ccc1NS(=O)(=O)c1ccc2c(c1)CCO2. The molecule has 0 aromatic heterocycles. The Hall–Kier alpha value is -2.69. The predicted molar refractivity (Wildman–Crippen MR) is 111 cm³/mol. The van der Waals surface area contributed by atoms with E-state index in [0.717, 1.165) is 5.56 Å². The van der Waals surface area contributed by atoms with E-state index in [1.54, 1.807) is 30.3 Å². The number of unbranched alkanes of at least 4 members (excludes halogenated alkanes) is 1. The lowest BCUT2D eigenvalue weighted by Crippen LogP contribution is -2.14. The average Bonchev–Trinajstić information content (AvgIpc) is 3.17. The van der Waals surface area contributed by atoms with E-state index >= 15 is 0 Å². The van der Waals surface area contributed by atoms with Crippen molar-refractivity contribution in [2.75, 3.05) is 18.4 Å². The highest BCUT2D eigenvalue weighted by Crippen LogP contribution is 2.29. The molecule has 8 heteroatoms. The van der Waals surface area contributed by atoms with Gasteiger partial charge in [0.15, 0.2) is 0 Å². The second-order valence-electron chi connectivity index (χ2n) is 6.39. The van der Waals surface area contributed by atoms with Crippen LogP contribution in [0.15, 0.2) is 41.3 Å². The average molecular weight is 434 g/mol. The van der Waals surface area contributed by atoms with Crippen molar-refractivity contribution in [3.63, 3.8) is 0 Å². The van der Waals surface area contributed by atoms with Gasteiger partial charge >= 0.3 is 5.97 Å². The van der Waals surface area contributed by atoms with E-state index in [9.17, 15) is 13.2 Å². The largest absolute Gasteiger partial charge is 0.493 e. The molecular weight excluding hydrogens is 414 g/mol. The molecule has 0 saturated carbocycles. The maximum Gasteiger partial charge on any atom is 0.305 e. The summed E-state index contributed by atoms with van der Waals surface area (Å²) >= 11 is 6.05. The minimum absolute atomic E-state index is 0.161. The van der Waals surface area contributed by atoms with Crippen molar-refractivity contribution in [1.29, 1.82) is 0 Å². The summed E-state index contributed by atoms with van der Waals surface area (Å²) in [6, 6.07) is 9.58. The number of esters is 1. The van der Waals surface area contributed by atoms with E-state index < -0.39 is 10.0 Å². The minimum atomic E-state index is -3.80. The Morgan fingerprint density at radius 3 is 2.90 bits per heavy atom. The lowest BCUT2D eigenvalue weighted by molar-refractivity contribution is -0.140. The summed E-state index contributed by atoms with van der Waals surface area (Å²) in [6.07, 6.45) is 1.99. The summed E-state index contributed by atoms with van der Waals surface area (Å²) in [5, 5.41) is 0.446. The summed E-state index contributed by atoms with van der Waals surface area (Å²) in [5.74, 6) is 6.30. The standard InChI is InChI=1S/C21H20ClNO5S/c1-27-21(24)6-4-2-3-5-15-13-17(22)7-9-19(15)23-29(25,26)18-8-10-20-16(14-18)11-12-28-20/h7-10,13-14,23H,2,4,6,11-12H2,1H3. The number of nitrogens with one attached hydrogen (secondary N) is 1. The molecule has 0 saturated heterocycles. The van der Waals surface area contributed by atoms with Gasteiger partial charge in [-0.1, -0.05) is 23.4 Å². The molecule has 1 aliphatic heterocycles. The molecule has 2 aromatic carbocycles. The number of halogens is 1. The molecule has 2 aromatic rings. The van der Waals surface area contributed by atoms with Crippen molar-refractivity contribution >= 4 is 33.3 Å². The number of carbonyl (C=O) groups is 1. The highest BCUT2D eigenvalue weighted by molar-refractivity contribution is 7.92. The number of fused-ring (bicyclic) bond motifs is 1. The van der Waals surface area contributed by atoms with Gasteiger partial charge < -0.3 is 9.47 Å². The van der Waals surface area contributed by atoms with Crippen LogP contribution in [0.1, 0.15) is 30.4 Å². The van der Waals surface area contributed by atoms with E-state index in [4.69, 9.17) is 16.3 Å². The molecule has 0 radical (unpaired) electrons. The molecule has 3 rings (SSSR count). The number of benzene rings is 2. The number of ether oxygens (including phenoxy) is 2. The molecule has 1 N–H and O–H groups in total. The Kier molecular flexibility index (Phi) is 6.68. The fourth-order valence-corrected chi connectivity index (χ4v) is 4.13. The second-order valence-corrected chi connectivity index (χ2v) is 8.51. The van der Waals surface area contributed by atoms with Crippen LogP contribution in [0.2, 0.25) is 5.02 Å². The van der Waals surface area contributed by atoms with E-state index in [0.29, 0.717) is 47.9 Å². The van der Waals surface area contributed by atoms with Gasteiger partial charge in [0.25, 0.3) is 10.0 Å². The number of hydrogen-bond acceptors (Lipinski definition) is 5. The first-order valence-corrected chi connectivity index (χ1v) is 10.9. The Bertz CT molecular complexity index is 1090. The third-order valence-electron chi connectivity index (χ3n) is 4.33. The van der Waals surface area contributed by atoms with Gasteiger partial charge in [-0.3, -0.25) is 9.52 Å². The van der Waals surface area contributed by atoms with Gasteiger partial charge in [0.2, 0.25) is 0 Å².